The largest absolute Gasteiger partial charge is 0.394 e. The molecule has 0 bridgehead atoms. The first-order valence-electron chi connectivity index (χ1n) is 16.3. The number of aliphatic hydroxyl groups excluding tert-OH is 3. The molecule has 3 atom stereocenters. The Kier molecular flexibility index (Phi) is 28.5. The summed E-state index contributed by atoms with van der Waals surface area (Å²) in [7, 11) is 0. The average molecular weight is 550 g/mol. The third kappa shape index (κ3) is 26.6. The Morgan fingerprint density at radius 3 is 1.62 bits per heavy atom. The molecule has 0 aromatic rings. The highest BCUT2D eigenvalue weighted by molar-refractivity contribution is 5.76. The van der Waals surface area contributed by atoms with E-state index in [4.69, 9.17) is 0 Å². The SMILES string of the molecule is CCCC/C=C/CC/C=C/CC/C=C/C(O)C(CO)NC(=O)CC(O)CCCCCCCCCCCCCC. The third-order valence-corrected chi connectivity index (χ3v) is 7.16. The van der Waals surface area contributed by atoms with Gasteiger partial charge in [0, 0.05) is 0 Å². The zero-order valence-corrected chi connectivity index (χ0v) is 25.5. The maximum Gasteiger partial charge on any atom is 0.222 e. The van der Waals surface area contributed by atoms with Crippen molar-refractivity contribution >= 4 is 5.91 Å². The quantitative estimate of drug-likeness (QED) is 0.0586. The van der Waals surface area contributed by atoms with Gasteiger partial charge in [0.25, 0.3) is 0 Å². The van der Waals surface area contributed by atoms with E-state index in [1.54, 1.807) is 6.08 Å². The smallest absolute Gasteiger partial charge is 0.222 e. The van der Waals surface area contributed by atoms with Crippen molar-refractivity contribution in [2.24, 2.45) is 0 Å². The lowest BCUT2D eigenvalue weighted by atomic mass is 10.0. The topological polar surface area (TPSA) is 89.8 Å². The van der Waals surface area contributed by atoms with Crippen LogP contribution in [0.1, 0.15) is 149 Å². The molecule has 0 heterocycles. The van der Waals surface area contributed by atoms with E-state index < -0.39 is 18.2 Å². The van der Waals surface area contributed by atoms with E-state index in [1.165, 1.54) is 83.5 Å². The van der Waals surface area contributed by atoms with Gasteiger partial charge in [0.2, 0.25) is 5.91 Å². The summed E-state index contributed by atoms with van der Waals surface area (Å²) in [6.45, 7) is 4.11. The Hall–Kier alpha value is -1.43. The van der Waals surface area contributed by atoms with Crippen molar-refractivity contribution in [2.75, 3.05) is 6.61 Å². The Morgan fingerprint density at radius 1 is 0.641 bits per heavy atom. The van der Waals surface area contributed by atoms with Gasteiger partial charge in [0.05, 0.1) is 31.3 Å². The summed E-state index contributed by atoms with van der Waals surface area (Å²) in [4.78, 5) is 12.3. The Balaban J connectivity index is 3.86. The highest BCUT2D eigenvalue weighted by Gasteiger charge is 2.20. The molecule has 0 aliphatic rings. The average Bonchev–Trinajstić information content (AvgIpc) is 2.92. The van der Waals surface area contributed by atoms with Gasteiger partial charge in [0.15, 0.2) is 0 Å². The lowest BCUT2D eigenvalue weighted by Crippen LogP contribution is -2.45. The van der Waals surface area contributed by atoms with Gasteiger partial charge in [-0.1, -0.05) is 140 Å². The number of unbranched alkanes of at least 4 members (excludes halogenated alkanes) is 15. The van der Waals surface area contributed by atoms with Crippen molar-refractivity contribution in [1.82, 2.24) is 5.32 Å². The summed E-state index contributed by atoms with van der Waals surface area (Å²) in [6, 6.07) is -0.761. The van der Waals surface area contributed by atoms with Crippen LogP contribution in [0.15, 0.2) is 36.5 Å². The van der Waals surface area contributed by atoms with Gasteiger partial charge in [-0.2, -0.15) is 0 Å². The van der Waals surface area contributed by atoms with Gasteiger partial charge >= 0.3 is 0 Å². The number of hydrogen-bond donors (Lipinski definition) is 4. The number of rotatable bonds is 28. The molecule has 5 nitrogen and oxygen atoms in total. The molecule has 5 heteroatoms. The maximum atomic E-state index is 12.3. The number of amides is 1. The first kappa shape index (κ1) is 37.6. The minimum atomic E-state index is -0.954. The number of hydrogen-bond acceptors (Lipinski definition) is 4. The summed E-state index contributed by atoms with van der Waals surface area (Å²) < 4.78 is 0. The van der Waals surface area contributed by atoms with Crippen molar-refractivity contribution in [3.63, 3.8) is 0 Å². The molecule has 0 aliphatic heterocycles. The highest BCUT2D eigenvalue weighted by atomic mass is 16.3. The molecule has 0 aromatic carbocycles. The monoisotopic (exact) mass is 549 g/mol. The van der Waals surface area contributed by atoms with E-state index in [0.29, 0.717) is 6.42 Å². The van der Waals surface area contributed by atoms with Crippen LogP contribution in [0.5, 0.6) is 0 Å². The lowest BCUT2D eigenvalue weighted by molar-refractivity contribution is -0.124. The Morgan fingerprint density at radius 2 is 1.10 bits per heavy atom. The van der Waals surface area contributed by atoms with Crippen LogP contribution in [0.4, 0.5) is 0 Å². The molecular formula is C34H63NO4. The molecular weight excluding hydrogens is 486 g/mol. The molecule has 0 radical (unpaired) electrons. The second-order valence-electron chi connectivity index (χ2n) is 11.1. The van der Waals surface area contributed by atoms with Crippen LogP contribution in [0, 0.1) is 0 Å². The molecule has 3 unspecified atom stereocenters. The van der Waals surface area contributed by atoms with Crippen LogP contribution in [0.25, 0.3) is 0 Å². The number of nitrogens with one attached hydrogen (secondary N) is 1. The van der Waals surface area contributed by atoms with Crippen molar-refractivity contribution in [3.8, 4) is 0 Å². The molecule has 0 saturated carbocycles. The fourth-order valence-corrected chi connectivity index (χ4v) is 4.59. The second kappa shape index (κ2) is 29.6. The van der Waals surface area contributed by atoms with E-state index in [1.807, 2.05) is 6.08 Å². The van der Waals surface area contributed by atoms with Crippen molar-refractivity contribution in [1.29, 1.82) is 0 Å². The fraction of sp³-hybridized carbons (Fsp3) is 0.794. The zero-order chi connectivity index (χ0) is 28.8. The van der Waals surface area contributed by atoms with E-state index in [2.05, 4.69) is 43.5 Å². The van der Waals surface area contributed by atoms with E-state index in [-0.39, 0.29) is 18.9 Å². The molecule has 228 valence electrons. The first-order chi connectivity index (χ1) is 19.0. The molecule has 39 heavy (non-hydrogen) atoms. The molecule has 1 amide bonds. The minimum Gasteiger partial charge on any atom is -0.394 e. The molecule has 0 saturated heterocycles. The Labute approximate surface area is 241 Å². The molecule has 0 fully saturated rings. The van der Waals surface area contributed by atoms with Crippen LogP contribution in [-0.2, 0) is 4.79 Å². The number of allylic oxidation sites excluding steroid dienone is 5. The molecule has 0 rings (SSSR count). The fourth-order valence-electron chi connectivity index (χ4n) is 4.59. The number of carbonyl (C=O) groups excluding carboxylic acids is 1. The number of carbonyl (C=O) groups is 1. The summed E-state index contributed by atoms with van der Waals surface area (Å²) >= 11 is 0. The van der Waals surface area contributed by atoms with Crippen molar-refractivity contribution in [3.05, 3.63) is 36.5 Å². The first-order valence-corrected chi connectivity index (χ1v) is 16.3. The Bertz CT molecular complexity index is 616. The molecule has 0 aromatic heterocycles. The number of aliphatic hydroxyl groups is 3. The van der Waals surface area contributed by atoms with Crippen molar-refractivity contribution in [2.45, 2.75) is 167 Å². The molecule has 0 spiro atoms. The van der Waals surface area contributed by atoms with Gasteiger partial charge in [-0.15, -0.1) is 0 Å². The second-order valence-corrected chi connectivity index (χ2v) is 11.1. The van der Waals surface area contributed by atoms with E-state index in [0.717, 1.165) is 38.5 Å². The summed E-state index contributed by atoms with van der Waals surface area (Å²) in [5.74, 6) is -0.334. The van der Waals surface area contributed by atoms with Crippen LogP contribution in [0.3, 0.4) is 0 Å². The molecule has 4 N–H and O–H groups in total. The normalized spacial score (nSPS) is 14.5. The van der Waals surface area contributed by atoms with Gasteiger partial charge in [-0.05, 0) is 38.5 Å². The van der Waals surface area contributed by atoms with E-state index >= 15 is 0 Å². The van der Waals surface area contributed by atoms with Crippen LogP contribution in [-0.4, -0.2) is 46.1 Å². The van der Waals surface area contributed by atoms with Gasteiger partial charge < -0.3 is 20.6 Å². The summed E-state index contributed by atoms with van der Waals surface area (Å²) in [5, 5.41) is 32.8. The van der Waals surface area contributed by atoms with Gasteiger partial charge in [-0.25, -0.2) is 0 Å². The van der Waals surface area contributed by atoms with Crippen LogP contribution in [0.2, 0.25) is 0 Å². The zero-order valence-electron chi connectivity index (χ0n) is 25.5. The summed E-state index contributed by atoms with van der Waals surface area (Å²) in [6.07, 6.45) is 34.0. The summed E-state index contributed by atoms with van der Waals surface area (Å²) in [5.41, 5.74) is 0. The maximum absolute atomic E-state index is 12.3. The van der Waals surface area contributed by atoms with Crippen LogP contribution >= 0.6 is 0 Å². The molecule has 0 aliphatic carbocycles. The standard InChI is InChI=1S/C34H63NO4/c1-3-5-7-9-11-13-15-17-19-21-23-25-27-31(37)29-34(39)35-32(30-36)33(38)28-26-24-22-20-18-16-14-12-10-8-6-4-2/h10,12,18,20,26,28,31-33,36-38H,3-9,11,13-17,19,21-25,27,29-30H2,1-2H3,(H,35,39)/b12-10+,20-18+,28-26+. The van der Waals surface area contributed by atoms with E-state index in [9.17, 15) is 20.1 Å². The van der Waals surface area contributed by atoms with Crippen LogP contribution < -0.4 is 5.32 Å². The predicted molar refractivity (Wildman–Crippen MR) is 167 cm³/mol. The third-order valence-electron chi connectivity index (χ3n) is 7.16. The predicted octanol–water partition coefficient (Wildman–Crippen LogP) is 8.09. The lowest BCUT2D eigenvalue weighted by Gasteiger charge is -2.21. The minimum absolute atomic E-state index is 0.00352. The highest BCUT2D eigenvalue weighted by Crippen LogP contribution is 2.14. The van der Waals surface area contributed by atoms with Gasteiger partial charge in [-0.3, -0.25) is 4.79 Å². The van der Waals surface area contributed by atoms with Crippen molar-refractivity contribution < 1.29 is 20.1 Å². The van der Waals surface area contributed by atoms with Gasteiger partial charge in [0.1, 0.15) is 0 Å².